The van der Waals surface area contributed by atoms with Gasteiger partial charge in [-0.15, -0.1) is 0 Å². The molecule has 150 valence electrons. The average molecular weight is 394 g/mol. The first-order valence-electron chi connectivity index (χ1n) is 10.00. The number of rotatable bonds is 3. The van der Waals surface area contributed by atoms with Crippen LogP contribution in [0.4, 0.5) is 10.2 Å². The topological polar surface area (TPSA) is 97.3 Å². The van der Waals surface area contributed by atoms with Crippen LogP contribution in [-0.2, 0) is 6.54 Å². The van der Waals surface area contributed by atoms with Crippen molar-refractivity contribution in [3.05, 3.63) is 47.0 Å². The van der Waals surface area contributed by atoms with E-state index in [0.717, 1.165) is 36.8 Å². The Balaban J connectivity index is 1.67. The quantitative estimate of drug-likeness (QED) is 0.635. The number of carbonyl (C=O) groups is 1. The summed E-state index contributed by atoms with van der Waals surface area (Å²) in [6.07, 6.45) is 7.46. The fourth-order valence-corrected chi connectivity index (χ4v) is 4.35. The van der Waals surface area contributed by atoms with Crippen molar-refractivity contribution in [1.82, 2.24) is 19.9 Å². The molecule has 3 aromatic rings. The molecule has 2 unspecified atom stereocenters. The van der Waals surface area contributed by atoms with Crippen molar-refractivity contribution in [2.24, 2.45) is 5.73 Å². The molecule has 5 rings (SSSR count). The van der Waals surface area contributed by atoms with E-state index in [9.17, 15) is 4.79 Å². The van der Waals surface area contributed by atoms with E-state index in [0.29, 0.717) is 16.8 Å². The molecule has 3 aromatic heterocycles. The fraction of sp³-hybridized carbons (Fsp3) is 0.381. The van der Waals surface area contributed by atoms with Gasteiger partial charge in [0.2, 0.25) is 0 Å². The predicted molar refractivity (Wildman–Crippen MR) is 108 cm³/mol. The van der Waals surface area contributed by atoms with Gasteiger partial charge in [0.25, 0.3) is 5.91 Å². The number of hydrogen-bond donors (Lipinski definition) is 3. The smallest absolute Gasteiger partial charge is 0.254 e. The maximum atomic E-state index is 15.2. The van der Waals surface area contributed by atoms with Gasteiger partial charge >= 0.3 is 0 Å². The van der Waals surface area contributed by atoms with E-state index >= 15 is 4.39 Å². The van der Waals surface area contributed by atoms with Gasteiger partial charge in [0.15, 0.2) is 11.6 Å². The Morgan fingerprint density at radius 3 is 3.00 bits per heavy atom. The summed E-state index contributed by atoms with van der Waals surface area (Å²) in [5.41, 5.74) is 9.92. The summed E-state index contributed by atoms with van der Waals surface area (Å²) >= 11 is 0. The zero-order chi connectivity index (χ0) is 20.1. The molecule has 1 fully saturated rings. The number of halogens is 1. The summed E-state index contributed by atoms with van der Waals surface area (Å²) in [5, 5.41) is 10.3. The van der Waals surface area contributed by atoms with Gasteiger partial charge in [-0.1, -0.05) is 12.8 Å². The van der Waals surface area contributed by atoms with Crippen LogP contribution >= 0.6 is 0 Å². The van der Waals surface area contributed by atoms with Gasteiger partial charge in [-0.25, -0.2) is 13.9 Å². The minimum absolute atomic E-state index is 0.0344. The van der Waals surface area contributed by atoms with Crippen LogP contribution in [0.2, 0.25) is 0 Å². The van der Waals surface area contributed by atoms with Crippen molar-refractivity contribution in [3.63, 3.8) is 0 Å². The molecule has 29 heavy (non-hydrogen) atoms. The van der Waals surface area contributed by atoms with Gasteiger partial charge in [-0.3, -0.25) is 4.79 Å². The summed E-state index contributed by atoms with van der Waals surface area (Å²) in [7, 11) is 0. The van der Waals surface area contributed by atoms with Crippen LogP contribution in [0.15, 0.2) is 24.5 Å². The molecule has 1 saturated carbocycles. The number of carbonyl (C=O) groups excluding carboxylic acids is 1. The molecular weight excluding hydrogens is 371 g/mol. The third-order valence-electron chi connectivity index (χ3n) is 5.96. The predicted octanol–water partition coefficient (Wildman–Crippen LogP) is 2.77. The van der Waals surface area contributed by atoms with Gasteiger partial charge in [-0.05, 0) is 37.5 Å². The minimum Gasteiger partial charge on any atom is -0.363 e. The minimum atomic E-state index is -0.479. The van der Waals surface area contributed by atoms with Crippen molar-refractivity contribution >= 4 is 17.2 Å². The molecule has 2 aliphatic rings. The van der Waals surface area contributed by atoms with Crippen molar-refractivity contribution in [3.8, 4) is 11.3 Å². The number of hydrogen-bond acceptors (Lipinski definition) is 5. The van der Waals surface area contributed by atoms with E-state index in [2.05, 4.69) is 20.7 Å². The van der Waals surface area contributed by atoms with Crippen molar-refractivity contribution in [2.45, 2.75) is 51.2 Å². The van der Waals surface area contributed by atoms with Crippen LogP contribution in [0.3, 0.4) is 0 Å². The summed E-state index contributed by atoms with van der Waals surface area (Å²) in [6, 6.07) is 3.86. The lowest BCUT2D eigenvalue weighted by atomic mass is 9.91. The Morgan fingerprint density at radius 2 is 2.17 bits per heavy atom. The van der Waals surface area contributed by atoms with E-state index in [1.165, 1.54) is 0 Å². The number of nitrogens with one attached hydrogen (secondary N) is 2. The molecular formula is C21H23FN6O. The van der Waals surface area contributed by atoms with E-state index in [4.69, 9.17) is 5.73 Å². The molecule has 1 aliphatic carbocycles. The van der Waals surface area contributed by atoms with Crippen molar-refractivity contribution in [1.29, 1.82) is 0 Å². The third kappa shape index (κ3) is 2.95. The van der Waals surface area contributed by atoms with Gasteiger partial charge in [0, 0.05) is 36.0 Å². The van der Waals surface area contributed by atoms with Crippen LogP contribution in [0, 0.1) is 12.7 Å². The highest BCUT2D eigenvalue weighted by Gasteiger charge is 2.32. The van der Waals surface area contributed by atoms with Gasteiger partial charge < -0.3 is 16.4 Å². The Morgan fingerprint density at radius 1 is 1.34 bits per heavy atom. The standard InChI is InChI=1S/C21H23FN6O/c1-11-6-7-28-16(8-11)12(10-25-28)19-17-13(9-24-21(17)29)18(22)20(27-19)26-15-5-3-2-4-14(15)23/h6-8,10,14-15H,2-5,9,23H2,1H3,(H,24,29)(H,26,27). The Labute approximate surface area is 167 Å². The lowest BCUT2D eigenvalue weighted by Gasteiger charge is -2.30. The number of nitrogens with two attached hydrogens (primary N) is 1. The Bertz CT molecular complexity index is 1120. The van der Waals surface area contributed by atoms with Crippen molar-refractivity contribution < 1.29 is 9.18 Å². The van der Waals surface area contributed by atoms with Gasteiger partial charge in [-0.2, -0.15) is 5.10 Å². The zero-order valence-corrected chi connectivity index (χ0v) is 16.2. The number of aryl methyl sites for hydroxylation is 1. The highest BCUT2D eigenvalue weighted by Crippen LogP contribution is 2.35. The summed E-state index contributed by atoms with van der Waals surface area (Å²) < 4.78 is 17.0. The average Bonchev–Trinajstić information content (AvgIpc) is 3.30. The second-order valence-corrected chi connectivity index (χ2v) is 7.95. The van der Waals surface area contributed by atoms with Crippen molar-refractivity contribution in [2.75, 3.05) is 5.32 Å². The third-order valence-corrected chi connectivity index (χ3v) is 5.96. The fourth-order valence-electron chi connectivity index (χ4n) is 4.35. The largest absolute Gasteiger partial charge is 0.363 e. The van der Waals surface area contributed by atoms with Gasteiger partial charge in [0.05, 0.1) is 23.0 Å². The van der Waals surface area contributed by atoms with E-state index in [1.807, 2.05) is 25.3 Å². The molecule has 0 spiro atoms. The number of anilines is 1. The number of nitrogens with zero attached hydrogens (tertiary/aromatic N) is 3. The molecule has 2 atom stereocenters. The SMILES string of the molecule is Cc1ccn2ncc(-c3nc(NC4CCCCC4N)c(F)c4c3C(=O)NC4)c2c1. The van der Waals surface area contributed by atoms with Crippen LogP contribution in [0.5, 0.6) is 0 Å². The maximum Gasteiger partial charge on any atom is 0.254 e. The molecule has 0 bridgehead atoms. The number of pyridine rings is 2. The summed E-state index contributed by atoms with van der Waals surface area (Å²) in [4.78, 5) is 17.1. The van der Waals surface area contributed by atoms with Gasteiger partial charge in [0.1, 0.15) is 0 Å². The first-order chi connectivity index (χ1) is 14.0. The molecule has 0 radical (unpaired) electrons. The monoisotopic (exact) mass is 394 g/mol. The maximum absolute atomic E-state index is 15.2. The van der Waals surface area contributed by atoms with E-state index < -0.39 is 5.82 Å². The molecule has 8 heteroatoms. The summed E-state index contributed by atoms with van der Waals surface area (Å²) in [5.74, 6) is -0.633. The molecule has 7 nitrogen and oxygen atoms in total. The highest BCUT2D eigenvalue weighted by atomic mass is 19.1. The second-order valence-electron chi connectivity index (χ2n) is 7.95. The molecule has 1 aliphatic heterocycles. The molecule has 0 saturated heterocycles. The number of aromatic nitrogens is 3. The number of amides is 1. The summed E-state index contributed by atoms with van der Waals surface area (Å²) in [6.45, 7) is 2.14. The normalized spacial score (nSPS) is 21.3. The first kappa shape index (κ1) is 18.1. The molecule has 4 heterocycles. The zero-order valence-electron chi connectivity index (χ0n) is 16.2. The molecule has 0 aromatic carbocycles. The lowest BCUT2D eigenvalue weighted by molar-refractivity contribution is 0.0966. The Kier molecular flexibility index (Phi) is 4.24. The Hall–Kier alpha value is -3.00. The first-order valence-corrected chi connectivity index (χ1v) is 10.00. The van der Waals surface area contributed by atoms with E-state index in [1.54, 1.807) is 10.7 Å². The second kappa shape index (κ2) is 6.81. The van der Waals surface area contributed by atoms with Crippen LogP contribution in [0.25, 0.3) is 16.8 Å². The van der Waals surface area contributed by atoms with Crippen LogP contribution < -0.4 is 16.4 Å². The lowest BCUT2D eigenvalue weighted by Crippen LogP contribution is -2.43. The molecule has 1 amide bonds. The molecule has 4 N–H and O–H groups in total. The van der Waals surface area contributed by atoms with Crippen LogP contribution in [0.1, 0.15) is 47.2 Å². The van der Waals surface area contributed by atoms with Crippen LogP contribution in [-0.4, -0.2) is 32.6 Å². The van der Waals surface area contributed by atoms with E-state index in [-0.39, 0.29) is 35.9 Å². The number of fused-ring (bicyclic) bond motifs is 2. The highest BCUT2D eigenvalue weighted by molar-refractivity contribution is 6.05.